The Hall–Kier alpha value is -0.120. The molecule has 3 N–H and O–H groups in total. The van der Waals surface area contributed by atoms with E-state index in [0.717, 1.165) is 13.0 Å². The number of rotatable bonds is 3. The molecule has 0 heterocycles. The standard InChI is InChI=1S/C6H13N.C4H11NO/c7-6-4-2-1-3-5-6;1-3-4-5-6-2/h6H,1-5,7H2;5H,3-4H2,1-2H3. The second-order valence-corrected chi connectivity index (χ2v) is 3.50. The van der Waals surface area contributed by atoms with E-state index in [4.69, 9.17) is 5.73 Å². The van der Waals surface area contributed by atoms with Crippen LogP contribution >= 0.6 is 0 Å². The minimum absolute atomic E-state index is 0.536. The van der Waals surface area contributed by atoms with Gasteiger partial charge in [-0.15, -0.1) is 0 Å². The summed E-state index contributed by atoms with van der Waals surface area (Å²) >= 11 is 0. The van der Waals surface area contributed by atoms with E-state index in [1.54, 1.807) is 7.11 Å². The Balaban J connectivity index is 0.000000226. The van der Waals surface area contributed by atoms with Crippen LogP contribution in [0.15, 0.2) is 0 Å². The Morgan fingerprint density at radius 3 is 2.15 bits per heavy atom. The highest BCUT2D eigenvalue weighted by atomic mass is 16.6. The van der Waals surface area contributed by atoms with Crippen molar-refractivity contribution in [3.63, 3.8) is 0 Å². The van der Waals surface area contributed by atoms with E-state index < -0.39 is 0 Å². The highest BCUT2D eigenvalue weighted by Gasteiger charge is 2.06. The van der Waals surface area contributed by atoms with Gasteiger partial charge in [0.1, 0.15) is 0 Å². The maximum atomic E-state index is 5.63. The van der Waals surface area contributed by atoms with Crippen molar-refractivity contribution in [3.8, 4) is 0 Å². The summed E-state index contributed by atoms with van der Waals surface area (Å²) in [6.45, 7) is 3.03. The Kier molecular flexibility index (Phi) is 9.87. The van der Waals surface area contributed by atoms with Crippen molar-refractivity contribution in [1.29, 1.82) is 0 Å². The lowest BCUT2D eigenvalue weighted by Gasteiger charge is -2.15. The van der Waals surface area contributed by atoms with Gasteiger partial charge in [0.15, 0.2) is 0 Å². The maximum absolute atomic E-state index is 5.63. The molecule has 80 valence electrons. The molecule has 0 aliphatic heterocycles. The van der Waals surface area contributed by atoms with Gasteiger partial charge in [0.25, 0.3) is 0 Å². The smallest absolute Gasteiger partial charge is 0.0572 e. The molecular formula is C10H24N2O. The minimum Gasteiger partial charge on any atom is -0.328 e. The van der Waals surface area contributed by atoms with Gasteiger partial charge in [-0.25, -0.2) is 5.48 Å². The highest BCUT2D eigenvalue weighted by molar-refractivity contribution is 4.66. The summed E-state index contributed by atoms with van der Waals surface area (Å²) in [7, 11) is 1.62. The zero-order valence-electron chi connectivity index (χ0n) is 9.01. The summed E-state index contributed by atoms with van der Waals surface area (Å²) in [5.74, 6) is 0. The monoisotopic (exact) mass is 188 g/mol. The Morgan fingerprint density at radius 2 is 1.92 bits per heavy atom. The van der Waals surface area contributed by atoms with Gasteiger partial charge in [0, 0.05) is 12.6 Å². The maximum Gasteiger partial charge on any atom is 0.0572 e. The molecule has 0 spiro atoms. The summed E-state index contributed by atoms with van der Waals surface area (Å²) in [5.41, 5.74) is 8.33. The SMILES string of the molecule is CCCNOC.NC1CCCCC1. The molecule has 0 radical (unpaired) electrons. The second-order valence-electron chi connectivity index (χ2n) is 3.50. The topological polar surface area (TPSA) is 47.3 Å². The van der Waals surface area contributed by atoms with Crippen molar-refractivity contribution in [1.82, 2.24) is 5.48 Å². The molecule has 1 fully saturated rings. The third-order valence-corrected chi connectivity index (χ3v) is 2.15. The zero-order chi connectivity index (χ0) is 9.94. The highest BCUT2D eigenvalue weighted by Crippen LogP contribution is 2.14. The average Bonchev–Trinajstić information content (AvgIpc) is 2.17. The molecule has 1 saturated carbocycles. The van der Waals surface area contributed by atoms with Gasteiger partial charge >= 0.3 is 0 Å². The van der Waals surface area contributed by atoms with Crippen molar-refractivity contribution in [2.75, 3.05) is 13.7 Å². The van der Waals surface area contributed by atoms with Crippen molar-refractivity contribution in [3.05, 3.63) is 0 Å². The van der Waals surface area contributed by atoms with E-state index in [2.05, 4.69) is 17.2 Å². The van der Waals surface area contributed by atoms with E-state index in [9.17, 15) is 0 Å². The third-order valence-electron chi connectivity index (χ3n) is 2.15. The Morgan fingerprint density at radius 1 is 1.31 bits per heavy atom. The van der Waals surface area contributed by atoms with Crippen LogP contribution in [0.3, 0.4) is 0 Å². The van der Waals surface area contributed by atoms with Crippen LogP contribution in [0.25, 0.3) is 0 Å². The predicted molar refractivity (Wildman–Crippen MR) is 56.4 cm³/mol. The Bertz CT molecular complexity index is 88.9. The van der Waals surface area contributed by atoms with Crippen LogP contribution < -0.4 is 11.2 Å². The molecule has 0 aromatic heterocycles. The molecule has 1 rings (SSSR count). The van der Waals surface area contributed by atoms with Gasteiger partial charge in [0.2, 0.25) is 0 Å². The first-order valence-corrected chi connectivity index (χ1v) is 5.32. The predicted octanol–water partition coefficient (Wildman–Crippen LogP) is 1.83. The van der Waals surface area contributed by atoms with Crippen LogP contribution in [0.5, 0.6) is 0 Å². The lowest BCUT2D eigenvalue weighted by Crippen LogP contribution is -2.22. The zero-order valence-corrected chi connectivity index (χ0v) is 9.01. The van der Waals surface area contributed by atoms with E-state index in [0.29, 0.717) is 6.04 Å². The summed E-state index contributed by atoms with van der Waals surface area (Å²) < 4.78 is 0. The molecule has 0 bridgehead atoms. The molecule has 3 heteroatoms. The van der Waals surface area contributed by atoms with Crippen LogP contribution in [0.1, 0.15) is 45.4 Å². The van der Waals surface area contributed by atoms with Gasteiger partial charge < -0.3 is 10.6 Å². The molecule has 0 amide bonds. The van der Waals surface area contributed by atoms with Gasteiger partial charge in [-0.05, 0) is 19.3 Å². The average molecular weight is 188 g/mol. The van der Waals surface area contributed by atoms with Gasteiger partial charge in [-0.1, -0.05) is 26.2 Å². The normalized spacial score (nSPS) is 17.8. The molecular weight excluding hydrogens is 164 g/mol. The van der Waals surface area contributed by atoms with Crippen molar-refractivity contribution in [2.24, 2.45) is 5.73 Å². The van der Waals surface area contributed by atoms with Crippen LogP contribution in [0.4, 0.5) is 0 Å². The summed E-state index contributed by atoms with van der Waals surface area (Å²) in [6, 6.07) is 0.536. The van der Waals surface area contributed by atoms with Gasteiger partial charge in [-0.2, -0.15) is 0 Å². The molecule has 1 aliphatic rings. The number of nitrogens with one attached hydrogen (secondary N) is 1. The van der Waals surface area contributed by atoms with Gasteiger partial charge in [0.05, 0.1) is 7.11 Å². The fraction of sp³-hybridized carbons (Fsp3) is 1.00. The number of hydrogen-bond donors (Lipinski definition) is 2. The molecule has 0 atom stereocenters. The fourth-order valence-corrected chi connectivity index (χ4v) is 1.34. The van der Waals surface area contributed by atoms with Crippen LogP contribution in [-0.4, -0.2) is 19.7 Å². The fourth-order valence-electron chi connectivity index (χ4n) is 1.34. The van der Waals surface area contributed by atoms with Crippen molar-refractivity contribution in [2.45, 2.75) is 51.5 Å². The van der Waals surface area contributed by atoms with Crippen LogP contribution in [0, 0.1) is 0 Å². The summed E-state index contributed by atoms with van der Waals surface area (Å²) in [6.07, 6.45) is 7.78. The van der Waals surface area contributed by atoms with Crippen LogP contribution in [-0.2, 0) is 4.84 Å². The van der Waals surface area contributed by atoms with E-state index in [1.807, 2.05) is 0 Å². The molecule has 1 aliphatic carbocycles. The first-order chi connectivity index (χ1) is 6.31. The quantitative estimate of drug-likeness (QED) is 0.524. The summed E-state index contributed by atoms with van der Waals surface area (Å²) in [5, 5.41) is 0. The number of hydroxylamine groups is 1. The van der Waals surface area contributed by atoms with Crippen molar-refractivity contribution >= 4 is 0 Å². The first-order valence-electron chi connectivity index (χ1n) is 5.32. The first kappa shape index (κ1) is 12.9. The Labute approximate surface area is 82.0 Å². The van der Waals surface area contributed by atoms with Gasteiger partial charge in [-0.3, -0.25) is 0 Å². The second kappa shape index (κ2) is 9.96. The third kappa shape index (κ3) is 9.80. The molecule has 0 aromatic carbocycles. The number of nitrogens with two attached hydrogens (primary N) is 1. The van der Waals surface area contributed by atoms with Crippen molar-refractivity contribution < 1.29 is 4.84 Å². The molecule has 0 aromatic rings. The summed E-state index contributed by atoms with van der Waals surface area (Å²) in [4.78, 5) is 4.53. The number of hydrogen-bond acceptors (Lipinski definition) is 3. The largest absolute Gasteiger partial charge is 0.328 e. The molecule has 3 nitrogen and oxygen atoms in total. The van der Waals surface area contributed by atoms with E-state index in [1.165, 1.54) is 32.1 Å². The van der Waals surface area contributed by atoms with E-state index in [-0.39, 0.29) is 0 Å². The molecule has 0 saturated heterocycles. The van der Waals surface area contributed by atoms with Crippen LogP contribution in [0.2, 0.25) is 0 Å². The lowest BCUT2D eigenvalue weighted by molar-refractivity contribution is 0.0920. The molecule has 13 heavy (non-hydrogen) atoms. The minimum atomic E-state index is 0.536. The van der Waals surface area contributed by atoms with E-state index >= 15 is 0 Å². The lowest BCUT2D eigenvalue weighted by atomic mass is 9.97. The molecule has 0 unspecified atom stereocenters.